The van der Waals surface area contributed by atoms with Crippen LogP contribution in [0.25, 0.3) is 5.69 Å². The summed E-state index contributed by atoms with van der Waals surface area (Å²) in [6, 6.07) is 6.64. The maximum absolute atomic E-state index is 13.0. The summed E-state index contributed by atoms with van der Waals surface area (Å²) in [5.74, 6) is -0.815. The van der Waals surface area contributed by atoms with Crippen molar-refractivity contribution in [3.8, 4) is 11.6 Å². The Labute approximate surface area is 120 Å². The van der Waals surface area contributed by atoms with Crippen LogP contribution in [0.3, 0.4) is 0 Å². The lowest BCUT2D eigenvalue weighted by molar-refractivity contribution is 0.0955. The Hall–Kier alpha value is -2.70. The van der Waals surface area contributed by atoms with Crippen molar-refractivity contribution in [1.82, 2.24) is 15.1 Å². The zero-order valence-corrected chi connectivity index (χ0v) is 11.6. The Kier molecular flexibility index (Phi) is 4.32. The van der Waals surface area contributed by atoms with E-state index >= 15 is 0 Å². The number of rotatable bonds is 4. The highest BCUT2D eigenvalue weighted by molar-refractivity contribution is 5.91. The van der Waals surface area contributed by atoms with Crippen molar-refractivity contribution in [3.05, 3.63) is 52.1 Å². The van der Waals surface area contributed by atoms with E-state index in [1.807, 2.05) is 0 Å². The summed E-state index contributed by atoms with van der Waals surface area (Å²) in [6.45, 7) is 2.08. The summed E-state index contributed by atoms with van der Waals surface area (Å²) in [4.78, 5) is 23.5. The molecule has 0 aliphatic heterocycles. The zero-order valence-electron chi connectivity index (χ0n) is 11.6. The fraction of sp³-hybridized carbons (Fsp3) is 0.214. The van der Waals surface area contributed by atoms with E-state index in [1.165, 1.54) is 42.1 Å². The molecule has 0 saturated carbocycles. The summed E-state index contributed by atoms with van der Waals surface area (Å²) in [5, 5.41) is 6.35. The molecule has 1 N–H and O–H groups in total. The van der Waals surface area contributed by atoms with Crippen molar-refractivity contribution < 1.29 is 13.9 Å². The number of halogens is 1. The molecular weight excluding hydrogens is 277 g/mol. The standard InChI is InChI=1S/C14H14FN3O3/c1-3-21-12-8-11(19)13(14(20)16-2)17-18(12)10-6-4-9(15)5-7-10/h4-8H,3H2,1-2H3,(H,16,20). The Morgan fingerprint density at radius 2 is 2.05 bits per heavy atom. The molecule has 110 valence electrons. The monoisotopic (exact) mass is 291 g/mol. The molecule has 1 heterocycles. The third-order valence-corrected chi connectivity index (χ3v) is 2.70. The van der Waals surface area contributed by atoms with E-state index in [0.29, 0.717) is 12.3 Å². The largest absolute Gasteiger partial charge is 0.478 e. The van der Waals surface area contributed by atoms with Gasteiger partial charge in [0.2, 0.25) is 11.3 Å². The van der Waals surface area contributed by atoms with Gasteiger partial charge >= 0.3 is 0 Å². The molecule has 0 radical (unpaired) electrons. The minimum atomic E-state index is -0.598. The minimum Gasteiger partial charge on any atom is -0.478 e. The van der Waals surface area contributed by atoms with Gasteiger partial charge in [0.15, 0.2) is 5.69 Å². The molecule has 0 fully saturated rings. The number of carbonyl (C=O) groups is 1. The lowest BCUT2D eigenvalue weighted by atomic mass is 10.3. The van der Waals surface area contributed by atoms with Gasteiger partial charge in [-0.05, 0) is 31.2 Å². The first kappa shape index (κ1) is 14.7. The summed E-state index contributed by atoms with van der Waals surface area (Å²) in [6.07, 6.45) is 0. The van der Waals surface area contributed by atoms with Crippen LogP contribution in [0.1, 0.15) is 17.4 Å². The fourth-order valence-electron chi connectivity index (χ4n) is 1.73. The van der Waals surface area contributed by atoms with Crippen LogP contribution in [0.15, 0.2) is 35.1 Å². The number of carbonyl (C=O) groups excluding carboxylic acids is 1. The smallest absolute Gasteiger partial charge is 0.275 e. The topological polar surface area (TPSA) is 73.2 Å². The third kappa shape index (κ3) is 3.07. The molecule has 0 saturated heterocycles. The molecule has 0 aliphatic carbocycles. The van der Waals surface area contributed by atoms with Crippen molar-refractivity contribution in [2.45, 2.75) is 6.92 Å². The number of hydrogen-bond donors (Lipinski definition) is 1. The molecule has 1 amide bonds. The lowest BCUT2D eigenvalue weighted by Crippen LogP contribution is -2.29. The Balaban J connectivity index is 2.63. The molecule has 2 aromatic rings. The molecule has 7 heteroatoms. The van der Waals surface area contributed by atoms with E-state index in [0.717, 1.165) is 0 Å². The lowest BCUT2D eigenvalue weighted by Gasteiger charge is -2.13. The Bertz CT molecular complexity index is 710. The zero-order chi connectivity index (χ0) is 15.4. The summed E-state index contributed by atoms with van der Waals surface area (Å²) >= 11 is 0. The van der Waals surface area contributed by atoms with Crippen LogP contribution in [-0.2, 0) is 0 Å². The van der Waals surface area contributed by atoms with Gasteiger partial charge in [0.1, 0.15) is 5.82 Å². The fourth-order valence-corrected chi connectivity index (χ4v) is 1.73. The summed E-state index contributed by atoms with van der Waals surface area (Å²) in [5.41, 5.74) is -0.327. The second kappa shape index (κ2) is 6.17. The highest BCUT2D eigenvalue weighted by atomic mass is 19.1. The van der Waals surface area contributed by atoms with Crippen LogP contribution in [0.4, 0.5) is 4.39 Å². The van der Waals surface area contributed by atoms with Gasteiger partial charge in [0, 0.05) is 7.05 Å². The van der Waals surface area contributed by atoms with E-state index in [9.17, 15) is 14.0 Å². The minimum absolute atomic E-state index is 0.182. The number of ether oxygens (including phenoxy) is 1. The number of benzene rings is 1. The van der Waals surface area contributed by atoms with Crippen molar-refractivity contribution in [2.75, 3.05) is 13.7 Å². The molecule has 0 spiro atoms. The predicted molar refractivity (Wildman–Crippen MR) is 74.4 cm³/mol. The molecule has 0 aliphatic rings. The van der Waals surface area contributed by atoms with E-state index in [2.05, 4.69) is 10.4 Å². The normalized spacial score (nSPS) is 10.2. The molecule has 0 atom stereocenters. The van der Waals surface area contributed by atoms with Crippen molar-refractivity contribution in [3.63, 3.8) is 0 Å². The Morgan fingerprint density at radius 1 is 1.38 bits per heavy atom. The Morgan fingerprint density at radius 3 is 2.62 bits per heavy atom. The number of nitrogens with zero attached hydrogens (tertiary/aromatic N) is 2. The highest BCUT2D eigenvalue weighted by Crippen LogP contribution is 2.15. The van der Waals surface area contributed by atoms with Crippen molar-refractivity contribution in [1.29, 1.82) is 0 Å². The van der Waals surface area contributed by atoms with Crippen LogP contribution < -0.4 is 15.5 Å². The quantitative estimate of drug-likeness (QED) is 0.916. The second-order valence-corrected chi connectivity index (χ2v) is 4.10. The van der Waals surface area contributed by atoms with Gasteiger partial charge in [-0.1, -0.05) is 0 Å². The highest BCUT2D eigenvalue weighted by Gasteiger charge is 2.16. The first-order valence-electron chi connectivity index (χ1n) is 6.32. The summed E-state index contributed by atoms with van der Waals surface area (Å²) < 4.78 is 19.6. The van der Waals surface area contributed by atoms with E-state index in [4.69, 9.17) is 4.74 Å². The SMILES string of the molecule is CCOc1cc(=O)c(C(=O)NC)nn1-c1ccc(F)cc1. The van der Waals surface area contributed by atoms with Gasteiger partial charge in [-0.25, -0.2) is 9.07 Å². The number of hydrogen-bond acceptors (Lipinski definition) is 4. The molecule has 2 rings (SSSR count). The molecule has 1 aromatic heterocycles. The maximum atomic E-state index is 13.0. The van der Waals surface area contributed by atoms with Crippen LogP contribution in [-0.4, -0.2) is 29.3 Å². The van der Waals surface area contributed by atoms with Crippen LogP contribution in [0.2, 0.25) is 0 Å². The first-order valence-corrected chi connectivity index (χ1v) is 6.32. The van der Waals surface area contributed by atoms with E-state index in [-0.39, 0.29) is 11.6 Å². The molecule has 0 unspecified atom stereocenters. The average molecular weight is 291 g/mol. The van der Waals surface area contributed by atoms with E-state index in [1.54, 1.807) is 6.92 Å². The maximum Gasteiger partial charge on any atom is 0.275 e. The number of amides is 1. The molecule has 21 heavy (non-hydrogen) atoms. The van der Waals surface area contributed by atoms with Gasteiger partial charge in [0.25, 0.3) is 5.91 Å². The van der Waals surface area contributed by atoms with Crippen molar-refractivity contribution in [2.24, 2.45) is 0 Å². The third-order valence-electron chi connectivity index (χ3n) is 2.70. The van der Waals surface area contributed by atoms with E-state index < -0.39 is 17.2 Å². The van der Waals surface area contributed by atoms with Gasteiger partial charge < -0.3 is 10.1 Å². The van der Waals surface area contributed by atoms with Gasteiger partial charge in [0.05, 0.1) is 18.4 Å². The van der Waals surface area contributed by atoms with Crippen LogP contribution in [0.5, 0.6) is 5.88 Å². The molecule has 0 bridgehead atoms. The van der Waals surface area contributed by atoms with Gasteiger partial charge in [-0.15, -0.1) is 0 Å². The van der Waals surface area contributed by atoms with Crippen LogP contribution >= 0.6 is 0 Å². The second-order valence-electron chi connectivity index (χ2n) is 4.10. The predicted octanol–water partition coefficient (Wildman–Crippen LogP) is 1.13. The molecule has 6 nitrogen and oxygen atoms in total. The first-order chi connectivity index (χ1) is 10.1. The van der Waals surface area contributed by atoms with Gasteiger partial charge in [-0.3, -0.25) is 9.59 Å². The summed E-state index contributed by atoms with van der Waals surface area (Å²) in [7, 11) is 1.40. The molecular formula is C14H14FN3O3. The average Bonchev–Trinajstić information content (AvgIpc) is 2.48. The van der Waals surface area contributed by atoms with Gasteiger partial charge in [-0.2, -0.15) is 5.10 Å². The number of nitrogens with one attached hydrogen (secondary N) is 1. The number of aromatic nitrogens is 2. The molecule has 1 aromatic carbocycles. The van der Waals surface area contributed by atoms with Crippen molar-refractivity contribution >= 4 is 5.91 Å². The van der Waals surface area contributed by atoms with Crippen LogP contribution in [0, 0.1) is 5.82 Å².